The molecule has 3 N–H and O–H groups in total. The lowest BCUT2D eigenvalue weighted by atomic mass is 10.3. The first-order chi connectivity index (χ1) is 8.58. The predicted octanol–water partition coefficient (Wildman–Crippen LogP) is 2.71. The monoisotopic (exact) mass is 312 g/mol. The van der Waals surface area contributed by atoms with Crippen molar-refractivity contribution in [2.75, 3.05) is 18.2 Å². The van der Waals surface area contributed by atoms with Crippen LogP contribution in [-0.4, -0.2) is 17.1 Å². The fourth-order valence-corrected chi connectivity index (χ4v) is 1.76. The van der Waals surface area contributed by atoms with Gasteiger partial charge < -0.3 is 15.8 Å². The van der Waals surface area contributed by atoms with Gasteiger partial charge in [-0.15, -0.1) is 0 Å². The molecule has 0 spiro atoms. The summed E-state index contributed by atoms with van der Waals surface area (Å²) in [5.41, 5.74) is 6.19. The summed E-state index contributed by atoms with van der Waals surface area (Å²) >= 11 is 3.21. The van der Waals surface area contributed by atoms with Crippen molar-refractivity contribution >= 4 is 33.4 Å². The van der Waals surface area contributed by atoms with Gasteiger partial charge >= 0.3 is 0 Å². The van der Waals surface area contributed by atoms with Gasteiger partial charge in [-0.25, -0.2) is 9.37 Å². The van der Waals surface area contributed by atoms with Crippen LogP contribution in [0.15, 0.2) is 28.9 Å². The molecule has 1 aromatic heterocycles. The summed E-state index contributed by atoms with van der Waals surface area (Å²) in [6.07, 6.45) is 0. The Labute approximate surface area is 111 Å². The lowest BCUT2D eigenvalue weighted by molar-refractivity contribution is 0.387. The van der Waals surface area contributed by atoms with Crippen molar-refractivity contribution in [3.05, 3.63) is 34.7 Å². The molecular formula is C11H10BrFN4O. The number of aromatic nitrogens is 2. The Hall–Kier alpha value is -1.89. The Morgan fingerprint density at radius 3 is 2.78 bits per heavy atom. The third-order valence-corrected chi connectivity index (χ3v) is 2.53. The quantitative estimate of drug-likeness (QED) is 0.852. The van der Waals surface area contributed by atoms with Gasteiger partial charge in [-0.2, -0.15) is 4.98 Å². The van der Waals surface area contributed by atoms with Crippen LogP contribution in [0.3, 0.4) is 0 Å². The van der Waals surface area contributed by atoms with E-state index in [1.54, 1.807) is 12.1 Å². The van der Waals surface area contributed by atoms with Gasteiger partial charge in [-0.1, -0.05) is 0 Å². The van der Waals surface area contributed by atoms with Gasteiger partial charge in [0.15, 0.2) is 11.6 Å². The highest BCUT2D eigenvalue weighted by atomic mass is 79.9. The fourth-order valence-electron chi connectivity index (χ4n) is 1.36. The van der Waals surface area contributed by atoms with Crippen LogP contribution in [0.5, 0.6) is 5.75 Å². The molecule has 1 aromatic carbocycles. The van der Waals surface area contributed by atoms with E-state index in [1.165, 1.54) is 19.2 Å². The predicted molar refractivity (Wildman–Crippen MR) is 70.4 cm³/mol. The summed E-state index contributed by atoms with van der Waals surface area (Å²) in [5, 5.41) is 2.91. The van der Waals surface area contributed by atoms with Crippen LogP contribution >= 0.6 is 15.9 Å². The molecule has 0 saturated carbocycles. The van der Waals surface area contributed by atoms with E-state index in [4.69, 9.17) is 10.5 Å². The highest BCUT2D eigenvalue weighted by Gasteiger charge is 2.06. The first-order valence-corrected chi connectivity index (χ1v) is 5.78. The van der Waals surface area contributed by atoms with Crippen molar-refractivity contribution in [2.45, 2.75) is 0 Å². The second kappa shape index (κ2) is 5.18. The molecule has 2 aromatic rings. The third-order valence-electron chi connectivity index (χ3n) is 2.12. The van der Waals surface area contributed by atoms with Crippen LogP contribution in [0.4, 0.5) is 21.8 Å². The minimum atomic E-state index is -0.433. The molecule has 0 aliphatic heterocycles. The van der Waals surface area contributed by atoms with E-state index < -0.39 is 5.82 Å². The summed E-state index contributed by atoms with van der Waals surface area (Å²) in [7, 11) is 1.40. The van der Waals surface area contributed by atoms with E-state index in [1.807, 2.05) is 0 Å². The average molecular weight is 313 g/mol. The number of rotatable bonds is 3. The van der Waals surface area contributed by atoms with E-state index in [9.17, 15) is 4.39 Å². The first-order valence-electron chi connectivity index (χ1n) is 4.99. The Morgan fingerprint density at radius 1 is 1.33 bits per heavy atom. The minimum Gasteiger partial charge on any atom is -0.494 e. The molecule has 0 aliphatic rings. The Morgan fingerprint density at radius 2 is 2.11 bits per heavy atom. The van der Waals surface area contributed by atoms with Gasteiger partial charge in [0, 0.05) is 17.8 Å². The van der Waals surface area contributed by atoms with Crippen LogP contribution in [0.2, 0.25) is 0 Å². The van der Waals surface area contributed by atoms with E-state index in [-0.39, 0.29) is 5.75 Å². The molecule has 0 fully saturated rings. The second-order valence-corrected chi connectivity index (χ2v) is 4.23. The van der Waals surface area contributed by atoms with Gasteiger partial charge in [-0.05, 0) is 28.1 Å². The molecule has 2 rings (SSSR count). The Kier molecular flexibility index (Phi) is 3.61. The van der Waals surface area contributed by atoms with Crippen LogP contribution in [0.25, 0.3) is 0 Å². The molecule has 0 atom stereocenters. The normalized spacial score (nSPS) is 10.2. The number of anilines is 3. The number of nitrogens with one attached hydrogen (secondary N) is 1. The van der Waals surface area contributed by atoms with E-state index in [2.05, 4.69) is 31.2 Å². The topological polar surface area (TPSA) is 73.1 Å². The molecule has 0 bridgehead atoms. The molecule has 18 heavy (non-hydrogen) atoms. The highest BCUT2D eigenvalue weighted by Crippen LogP contribution is 2.24. The van der Waals surface area contributed by atoms with Crippen molar-refractivity contribution in [1.29, 1.82) is 0 Å². The van der Waals surface area contributed by atoms with E-state index in [0.717, 1.165) is 0 Å². The van der Waals surface area contributed by atoms with Crippen molar-refractivity contribution in [2.24, 2.45) is 0 Å². The lowest BCUT2D eigenvalue weighted by Crippen LogP contribution is -2.01. The summed E-state index contributed by atoms with van der Waals surface area (Å²) in [5.74, 6) is 0.352. The molecule has 0 unspecified atom stereocenters. The maximum Gasteiger partial charge on any atom is 0.230 e. The largest absolute Gasteiger partial charge is 0.494 e. The summed E-state index contributed by atoms with van der Waals surface area (Å²) in [6, 6.07) is 5.94. The molecule has 5 nitrogen and oxygen atoms in total. The number of ether oxygens (including phenoxy) is 1. The van der Waals surface area contributed by atoms with Gasteiger partial charge in [0.25, 0.3) is 0 Å². The van der Waals surface area contributed by atoms with Crippen LogP contribution in [0, 0.1) is 5.82 Å². The van der Waals surface area contributed by atoms with Gasteiger partial charge in [0.05, 0.1) is 7.11 Å². The number of hydrogen-bond donors (Lipinski definition) is 2. The van der Waals surface area contributed by atoms with Crippen LogP contribution in [-0.2, 0) is 0 Å². The van der Waals surface area contributed by atoms with E-state index in [0.29, 0.717) is 22.1 Å². The second-order valence-electron chi connectivity index (χ2n) is 3.41. The Bertz CT molecular complexity index is 559. The van der Waals surface area contributed by atoms with E-state index >= 15 is 0 Å². The van der Waals surface area contributed by atoms with Crippen molar-refractivity contribution in [1.82, 2.24) is 9.97 Å². The number of hydrogen-bond acceptors (Lipinski definition) is 5. The highest BCUT2D eigenvalue weighted by molar-refractivity contribution is 9.10. The first kappa shape index (κ1) is 12.6. The molecule has 0 radical (unpaired) electrons. The maximum absolute atomic E-state index is 13.2. The molecule has 1 heterocycles. The molecule has 0 aliphatic carbocycles. The number of nitrogens with zero attached hydrogens (tertiary/aromatic N) is 2. The summed E-state index contributed by atoms with van der Waals surface area (Å²) in [6.45, 7) is 0. The number of methoxy groups -OCH3 is 1. The maximum atomic E-state index is 13.2. The number of nitrogens with two attached hydrogens (primary N) is 1. The third kappa shape index (κ3) is 2.86. The number of halogens is 2. The smallest absolute Gasteiger partial charge is 0.230 e. The van der Waals surface area contributed by atoms with Crippen molar-refractivity contribution in [3.8, 4) is 5.75 Å². The summed E-state index contributed by atoms with van der Waals surface area (Å²) in [4.78, 5) is 8.09. The molecule has 0 amide bonds. The fraction of sp³-hybridized carbons (Fsp3) is 0.0909. The molecular weight excluding hydrogens is 303 g/mol. The zero-order valence-corrected chi connectivity index (χ0v) is 11.0. The molecule has 7 heteroatoms. The zero-order valence-electron chi connectivity index (χ0n) is 9.45. The lowest BCUT2D eigenvalue weighted by Gasteiger charge is -2.08. The average Bonchev–Trinajstić information content (AvgIpc) is 2.30. The van der Waals surface area contributed by atoms with Crippen molar-refractivity contribution in [3.63, 3.8) is 0 Å². The number of benzene rings is 1. The van der Waals surface area contributed by atoms with Crippen LogP contribution < -0.4 is 15.8 Å². The molecule has 0 saturated heterocycles. The van der Waals surface area contributed by atoms with Gasteiger partial charge in [0.2, 0.25) is 5.95 Å². The van der Waals surface area contributed by atoms with Gasteiger partial charge in [-0.3, -0.25) is 0 Å². The minimum absolute atomic E-state index is 0.142. The van der Waals surface area contributed by atoms with Crippen molar-refractivity contribution < 1.29 is 9.13 Å². The standard InChI is InChI=1S/C11H10BrFN4O/c1-18-8-4-6(2-3-7(8)13)15-11-16-9(12)5-10(14)17-11/h2-5H,1H3,(H3,14,15,16,17). The Balaban J connectivity index is 2.28. The van der Waals surface area contributed by atoms with Crippen LogP contribution in [0.1, 0.15) is 0 Å². The molecule has 94 valence electrons. The zero-order chi connectivity index (χ0) is 13.1. The summed E-state index contributed by atoms with van der Waals surface area (Å²) < 4.78 is 18.7. The van der Waals surface area contributed by atoms with Gasteiger partial charge in [0.1, 0.15) is 10.4 Å². The SMILES string of the molecule is COc1cc(Nc2nc(N)cc(Br)n2)ccc1F. The number of nitrogen functional groups attached to an aromatic ring is 1.